The third-order valence-corrected chi connectivity index (χ3v) is 4.35. The Kier molecular flexibility index (Phi) is 5.33. The summed E-state index contributed by atoms with van der Waals surface area (Å²) >= 11 is 0. The fourth-order valence-corrected chi connectivity index (χ4v) is 2.83. The van der Waals surface area contributed by atoms with Crippen LogP contribution >= 0.6 is 0 Å². The molecule has 2 aromatic heterocycles. The molecule has 0 spiro atoms. The molecule has 0 aliphatic carbocycles. The number of aromatic nitrogens is 2. The van der Waals surface area contributed by atoms with Crippen molar-refractivity contribution >= 4 is 0 Å². The summed E-state index contributed by atoms with van der Waals surface area (Å²) in [4.78, 5) is 4.27. The summed E-state index contributed by atoms with van der Waals surface area (Å²) in [6.45, 7) is 2.69. The van der Waals surface area contributed by atoms with Crippen LogP contribution in [0, 0.1) is 6.92 Å². The Bertz CT molecular complexity index is 1030. The lowest BCUT2D eigenvalue weighted by molar-refractivity contribution is 0.279. The van der Waals surface area contributed by atoms with Gasteiger partial charge in [0.25, 0.3) is 0 Å². The highest BCUT2D eigenvalue weighted by molar-refractivity contribution is 5.63. The Balaban J connectivity index is 1.44. The summed E-state index contributed by atoms with van der Waals surface area (Å²) in [5.41, 5.74) is 3.79. The van der Waals surface area contributed by atoms with Crippen LogP contribution in [0.25, 0.3) is 11.3 Å². The standard InChI is InChI=1S/C23H20N2O3/c1-17-21(23(25-28-17)19-10-6-3-7-11-19)16-27-22-14-20(12-13-24-22)26-15-18-8-4-2-5-9-18/h2-14H,15-16H2,1H3. The van der Waals surface area contributed by atoms with E-state index in [0.717, 1.165) is 28.1 Å². The van der Waals surface area contributed by atoms with Crippen LogP contribution in [0.5, 0.6) is 11.6 Å². The molecule has 2 heterocycles. The molecule has 0 unspecified atom stereocenters. The zero-order valence-corrected chi connectivity index (χ0v) is 15.5. The molecule has 0 aliphatic rings. The molecule has 0 fully saturated rings. The van der Waals surface area contributed by atoms with Gasteiger partial charge in [-0.15, -0.1) is 0 Å². The van der Waals surface area contributed by atoms with E-state index in [1.807, 2.05) is 73.7 Å². The first kappa shape index (κ1) is 17.8. The number of hydrogen-bond donors (Lipinski definition) is 0. The molecule has 0 bridgehead atoms. The van der Waals surface area contributed by atoms with E-state index in [-0.39, 0.29) is 0 Å². The molecule has 0 N–H and O–H groups in total. The monoisotopic (exact) mass is 372 g/mol. The molecule has 0 atom stereocenters. The number of pyridine rings is 1. The van der Waals surface area contributed by atoms with E-state index in [4.69, 9.17) is 14.0 Å². The summed E-state index contributed by atoms with van der Waals surface area (Å²) in [5.74, 6) is 1.93. The van der Waals surface area contributed by atoms with Crippen molar-refractivity contribution in [3.8, 4) is 22.9 Å². The average molecular weight is 372 g/mol. The van der Waals surface area contributed by atoms with Gasteiger partial charge in [0.2, 0.25) is 5.88 Å². The van der Waals surface area contributed by atoms with Crippen LogP contribution in [-0.4, -0.2) is 10.1 Å². The maximum Gasteiger partial charge on any atom is 0.217 e. The van der Waals surface area contributed by atoms with Gasteiger partial charge in [-0.3, -0.25) is 0 Å². The van der Waals surface area contributed by atoms with Gasteiger partial charge >= 0.3 is 0 Å². The maximum absolute atomic E-state index is 5.89. The predicted molar refractivity (Wildman–Crippen MR) is 106 cm³/mol. The third kappa shape index (κ3) is 4.20. The van der Waals surface area contributed by atoms with Crippen LogP contribution in [0.1, 0.15) is 16.9 Å². The molecule has 0 saturated carbocycles. The van der Waals surface area contributed by atoms with Crippen molar-refractivity contribution < 1.29 is 14.0 Å². The van der Waals surface area contributed by atoms with Crippen molar-refractivity contribution in [1.29, 1.82) is 0 Å². The number of rotatable bonds is 7. The highest BCUT2D eigenvalue weighted by atomic mass is 16.5. The number of hydrogen-bond acceptors (Lipinski definition) is 5. The van der Waals surface area contributed by atoms with Crippen molar-refractivity contribution in [1.82, 2.24) is 10.1 Å². The minimum atomic E-state index is 0.314. The van der Waals surface area contributed by atoms with Crippen molar-refractivity contribution in [2.45, 2.75) is 20.1 Å². The normalized spacial score (nSPS) is 10.6. The molecule has 5 nitrogen and oxygen atoms in total. The van der Waals surface area contributed by atoms with Gasteiger partial charge in [-0.2, -0.15) is 0 Å². The molecule has 5 heteroatoms. The Hall–Kier alpha value is -3.60. The van der Waals surface area contributed by atoms with Crippen molar-refractivity contribution in [3.05, 3.63) is 95.9 Å². The van der Waals surface area contributed by atoms with Crippen LogP contribution in [0.4, 0.5) is 0 Å². The molecular formula is C23H20N2O3. The first-order valence-electron chi connectivity index (χ1n) is 9.06. The van der Waals surface area contributed by atoms with Gasteiger partial charge in [-0.05, 0) is 18.6 Å². The van der Waals surface area contributed by atoms with Gasteiger partial charge in [0.15, 0.2) is 0 Å². The Morgan fingerprint density at radius 3 is 2.39 bits per heavy atom. The summed E-state index contributed by atoms with van der Waals surface area (Å²) in [6, 6.07) is 23.5. The minimum absolute atomic E-state index is 0.314. The second kappa shape index (κ2) is 8.39. The lowest BCUT2D eigenvalue weighted by atomic mass is 10.1. The van der Waals surface area contributed by atoms with E-state index in [2.05, 4.69) is 10.1 Å². The largest absolute Gasteiger partial charge is 0.489 e. The SMILES string of the molecule is Cc1onc(-c2ccccc2)c1COc1cc(OCc2ccccc2)ccn1. The number of aryl methyl sites for hydroxylation is 1. The average Bonchev–Trinajstić information content (AvgIpc) is 3.13. The van der Waals surface area contributed by atoms with E-state index < -0.39 is 0 Å². The third-order valence-electron chi connectivity index (χ3n) is 4.35. The van der Waals surface area contributed by atoms with Gasteiger partial charge in [-0.1, -0.05) is 65.8 Å². The molecule has 4 rings (SSSR count). The van der Waals surface area contributed by atoms with Gasteiger partial charge in [-0.25, -0.2) is 4.98 Å². The highest BCUT2D eigenvalue weighted by Gasteiger charge is 2.15. The summed E-state index contributed by atoms with van der Waals surface area (Å²) < 4.78 is 17.1. The van der Waals surface area contributed by atoms with Gasteiger partial charge in [0, 0.05) is 17.8 Å². The fraction of sp³-hybridized carbons (Fsp3) is 0.130. The van der Waals surface area contributed by atoms with Gasteiger partial charge < -0.3 is 14.0 Å². The number of benzene rings is 2. The smallest absolute Gasteiger partial charge is 0.217 e. The number of nitrogens with zero attached hydrogens (tertiary/aromatic N) is 2. The van der Waals surface area contributed by atoms with E-state index in [0.29, 0.717) is 24.8 Å². The highest BCUT2D eigenvalue weighted by Crippen LogP contribution is 2.26. The van der Waals surface area contributed by atoms with Crippen molar-refractivity contribution in [2.75, 3.05) is 0 Å². The Labute approximate surface area is 163 Å². The lowest BCUT2D eigenvalue weighted by Gasteiger charge is -2.09. The molecular weight excluding hydrogens is 352 g/mol. The quantitative estimate of drug-likeness (QED) is 0.446. The second-order valence-electron chi connectivity index (χ2n) is 6.32. The topological polar surface area (TPSA) is 57.4 Å². The zero-order valence-electron chi connectivity index (χ0n) is 15.5. The molecule has 28 heavy (non-hydrogen) atoms. The minimum Gasteiger partial charge on any atom is -0.489 e. The van der Waals surface area contributed by atoms with Gasteiger partial charge in [0.1, 0.15) is 30.4 Å². The van der Waals surface area contributed by atoms with Crippen LogP contribution in [0.3, 0.4) is 0 Å². The van der Waals surface area contributed by atoms with Crippen LogP contribution in [0.15, 0.2) is 83.5 Å². The van der Waals surface area contributed by atoms with Gasteiger partial charge in [0.05, 0.1) is 5.56 Å². The van der Waals surface area contributed by atoms with Crippen LogP contribution < -0.4 is 9.47 Å². The molecule has 0 aliphatic heterocycles. The molecule has 0 saturated heterocycles. The summed E-state index contributed by atoms with van der Waals surface area (Å²) in [7, 11) is 0. The van der Waals surface area contributed by atoms with Crippen molar-refractivity contribution in [3.63, 3.8) is 0 Å². The van der Waals surface area contributed by atoms with E-state index in [1.165, 1.54) is 0 Å². The molecule has 0 radical (unpaired) electrons. The summed E-state index contributed by atoms with van der Waals surface area (Å²) in [6.07, 6.45) is 1.67. The van der Waals surface area contributed by atoms with E-state index >= 15 is 0 Å². The Morgan fingerprint density at radius 1 is 0.857 bits per heavy atom. The first-order chi connectivity index (χ1) is 13.8. The summed E-state index contributed by atoms with van der Waals surface area (Å²) in [5, 5.41) is 4.18. The second-order valence-corrected chi connectivity index (χ2v) is 6.32. The number of ether oxygens (including phenoxy) is 2. The predicted octanol–water partition coefficient (Wildman–Crippen LogP) is 5.20. The molecule has 140 valence electrons. The maximum atomic E-state index is 5.89. The fourth-order valence-electron chi connectivity index (χ4n) is 2.83. The molecule has 2 aromatic carbocycles. The lowest BCUT2D eigenvalue weighted by Crippen LogP contribution is -2.00. The van der Waals surface area contributed by atoms with Crippen LogP contribution in [-0.2, 0) is 13.2 Å². The molecule has 0 amide bonds. The zero-order chi connectivity index (χ0) is 19.2. The Morgan fingerprint density at radius 2 is 1.61 bits per heavy atom. The first-order valence-corrected chi connectivity index (χ1v) is 9.06. The molecule has 4 aromatic rings. The van der Waals surface area contributed by atoms with E-state index in [9.17, 15) is 0 Å². The van der Waals surface area contributed by atoms with Crippen LogP contribution in [0.2, 0.25) is 0 Å². The van der Waals surface area contributed by atoms with E-state index in [1.54, 1.807) is 12.3 Å². The van der Waals surface area contributed by atoms with Crippen molar-refractivity contribution in [2.24, 2.45) is 0 Å².